The molecule has 1 fully saturated rings. The highest BCUT2D eigenvalue weighted by molar-refractivity contribution is 8.13. The van der Waals surface area contributed by atoms with Gasteiger partial charge in [-0.3, -0.25) is 4.79 Å². The van der Waals surface area contributed by atoms with E-state index >= 15 is 0 Å². The molecule has 0 N–H and O–H groups in total. The van der Waals surface area contributed by atoms with Crippen LogP contribution in [-0.4, -0.2) is 32.3 Å². The zero-order valence-electron chi connectivity index (χ0n) is 11.0. The third-order valence-corrected chi connectivity index (χ3v) is 4.58. The molecule has 0 spiro atoms. The van der Waals surface area contributed by atoms with Crippen LogP contribution in [-0.2, 0) is 9.05 Å². The molecule has 0 heterocycles. The van der Waals surface area contributed by atoms with Crippen LogP contribution in [0.3, 0.4) is 0 Å². The maximum atomic E-state index is 13.5. The highest BCUT2D eigenvalue weighted by Crippen LogP contribution is 2.30. The molecule has 1 aliphatic carbocycles. The summed E-state index contributed by atoms with van der Waals surface area (Å²) in [5.41, 5.74) is 0.00623. The third kappa shape index (κ3) is 3.70. The minimum Gasteiger partial charge on any atom is -0.339 e. The quantitative estimate of drug-likeness (QED) is 0.784. The van der Waals surface area contributed by atoms with Crippen molar-refractivity contribution >= 4 is 25.6 Å². The normalized spacial score (nSPS) is 15.2. The fourth-order valence-electron chi connectivity index (χ4n) is 1.98. The Morgan fingerprint density at radius 2 is 2.05 bits per heavy atom. The molecule has 0 aliphatic heterocycles. The Labute approximate surface area is 121 Å². The Balaban J connectivity index is 2.30. The van der Waals surface area contributed by atoms with E-state index in [2.05, 4.69) is 0 Å². The predicted molar refractivity (Wildman–Crippen MR) is 73.7 cm³/mol. The van der Waals surface area contributed by atoms with Gasteiger partial charge in [0, 0.05) is 29.3 Å². The van der Waals surface area contributed by atoms with Crippen molar-refractivity contribution in [2.75, 3.05) is 13.1 Å². The van der Waals surface area contributed by atoms with Crippen LogP contribution < -0.4 is 0 Å². The minimum absolute atomic E-state index is 0.00623. The average Bonchev–Trinajstić information content (AvgIpc) is 3.17. The van der Waals surface area contributed by atoms with E-state index in [1.54, 1.807) is 4.90 Å². The monoisotopic (exact) mass is 319 g/mol. The third-order valence-electron chi connectivity index (χ3n) is 3.24. The summed E-state index contributed by atoms with van der Waals surface area (Å²) in [7, 11) is 1.13. The maximum Gasteiger partial charge on any atom is 0.261 e. The van der Waals surface area contributed by atoms with Crippen LogP contribution in [0, 0.1) is 11.7 Å². The largest absolute Gasteiger partial charge is 0.339 e. The van der Waals surface area contributed by atoms with Gasteiger partial charge < -0.3 is 4.90 Å². The molecule has 7 heteroatoms. The number of amides is 1. The molecule has 0 aromatic heterocycles. The summed E-state index contributed by atoms with van der Waals surface area (Å²) in [6.45, 7) is 2.95. The fraction of sp³-hybridized carbons (Fsp3) is 0.462. The zero-order chi connectivity index (χ0) is 14.9. The topological polar surface area (TPSA) is 54.5 Å². The van der Waals surface area contributed by atoms with E-state index in [-0.39, 0.29) is 11.5 Å². The molecule has 0 saturated heterocycles. The lowest BCUT2D eigenvalue weighted by atomic mass is 10.2. The second-order valence-electron chi connectivity index (χ2n) is 4.90. The molecule has 20 heavy (non-hydrogen) atoms. The SMILES string of the molecule is CCN(CC1CC1)C(=O)c1cc(F)cc(S(=O)(=O)Cl)c1. The fourth-order valence-corrected chi connectivity index (χ4v) is 2.77. The van der Waals surface area contributed by atoms with E-state index in [1.165, 1.54) is 0 Å². The second kappa shape index (κ2) is 5.69. The van der Waals surface area contributed by atoms with Crippen molar-refractivity contribution in [3.8, 4) is 0 Å². The first-order valence-corrected chi connectivity index (χ1v) is 8.66. The van der Waals surface area contributed by atoms with Crippen molar-refractivity contribution in [3.63, 3.8) is 0 Å². The van der Waals surface area contributed by atoms with Gasteiger partial charge in [0.1, 0.15) is 5.82 Å². The Morgan fingerprint density at radius 3 is 2.55 bits per heavy atom. The van der Waals surface area contributed by atoms with Crippen LogP contribution in [0.5, 0.6) is 0 Å². The standard InChI is InChI=1S/C13H15ClFNO3S/c1-2-16(8-9-3-4-9)13(17)10-5-11(15)7-12(6-10)20(14,18)19/h5-7,9H,2-4,8H2,1H3. The predicted octanol–water partition coefficient (Wildman–Crippen LogP) is 2.63. The number of carbonyl (C=O) groups excluding carboxylic acids is 1. The first-order valence-electron chi connectivity index (χ1n) is 6.35. The molecule has 0 unspecified atom stereocenters. The zero-order valence-corrected chi connectivity index (χ0v) is 12.5. The summed E-state index contributed by atoms with van der Waals surface area (Å²) in [6.07, 6.45) is 2.18. The Bertz CT molecular complexity index is 629. The molecule has 110 valence electrons. The molecule has 0 atom stereocenters. The van der Waals surface area contributed by atoms with Crippen LogP contribution >= 0.6 is 10.7 Å². The van der Waals surface area contributed by atoms with Crippen LogP contribution in [0.25, 0.3) is 0 Å². The Morgan fingerprint density at radius 1 is 1.40 bits per heavy atom. The molecule has 0 bridgehead atoms. The Hall–Kier alpha value is -1.14. The van der Waals surface area contributed by atoms with Gasteiger partial charge in [-0.25, -0.2) is 12.8 Å². The van der Waals surface area contributed by atoms with Crippen molar-refractivity contribution in [1.29, 1.82) is 0 Å². The molecule has 1 aromatic rings. The molecular weight excluding hydrogens is 305 g/mol. The van der Waals surface area contributed by atoms with Crippen molar-refractivity contribution in [3.05, 3.63) is 29.6 Å². The van der Waals surface area contributed by atoms with Crippen molar-refractivity contribution < 1.29 is 17.6 Å². The molecule has 1 aliphatic rings. The molecule has 0 radical (unpaired) electrons. The van der Waals surface area contributed by atoms with Gasteiger partial charge >= 0.3 is 0 Å². The average molecular weight is 320 g/mol. The maximum absolute atomic E-state index is 13.5. The minimum atomic E-state index is -4.06. The highest BCUT2D eigenvalue weighted by atomic mass is 35.7. The van der Waals surface area contributed by atoms with Crippen molar-refractivity contribution in [1.82, 2.24) is 4.90 Å². The highest BCUT2D eigenvalue weighted by Gasteiger charge is 2.27. The molecule has 4 nitrogen and oxygen atoms in total. The summed E-state index contributed by atoms with van der Waals surface area (Å²) < 4.78 is 36.0. The number of hydrogen-bond acceptors (Lipinski definition) is 3. The second-order valence-corrected chi connectivity index (χ2v) is 7.47. The number of nitrogens with zero attached hydrogens (tertiary/aromatic N) is 1. The van der Waals surface area contributed by atoms with Gasteiger partial charge in [0.25, 0.3) is 15.0 Å². The summed E-state index contributed by atoms with van der Waals surface area (Å²) in [5, 5.41) is 0. The first-order chi connectivity index (χ1) is 9.31. The van der Waals surface area contributed by atoms with E-state index in [9.17, 15) is 17.6 Å². The number of benzene rings is 1. The van der Waals surface area contributed by atoms with E-state index < -0.39 is 19.8 Å². The van der Waals surface area contributed by atoms with E-state index in [0.717, 1.165) is 31.0 Å². The van der Waals surface area contributed by atoms with E-state index in [1.807, 2.05) is 6.92 Å². The van der Waals surface area contributed by atoms with Gasteiger partial charge in [0.2, 0.25) is 0 Å². The van der Waals surface area contributed by atoms with E-state index in [0.29, 0.717) is 19.0 Å². The first kappa shape index (κ1) is 15.3. The summed E-state index contributed by atoms with van der Waals surface area (Å²) in [4.78, 5) is 13.5. The lowest BCUT2D eigenvalue weighted by Crippen LogP contribution is -2.32. The lowest BCUT2D eigenvalue weighted by Gasteiger charge is -2.21. The van der Waals surface area contributed by atoms with Gasteiger partial charge in [-0.05, 0) is 43.9 Å². The summed E-state index contributed by atoms with van der Waals surface area (Å²) >= 11 is 0. The van der Waals surface area contributed by atoms with Crippen LogP contribution in [0.15, 0.2) is 23.1 Å². The van der Waals surface area contributed by atoms with Gasteiger partial charge in [0.15, 0.2) is 0 Å². The van der Waals surface area contributed by atoms with Crippen molar-refractivity contribution in [2.45, 2.75) is 24.7 Å². The van der Waals surface area contributed by atoms with Gasteiger partial charge in [-0.15, -0.1) is 0 Å². The summed E-state index contributed by atoms with van der Waals surface area (Å²) in [5.74, 6) is -0.665. The molecule has 2 rings (SSSR count). The number of halogens is 2. The van der Waals surface area contributed by atoms with E-state index in [4.69, 9.17) is 10.7 Å². The van der Waals surface area contributed by atoms with Crippen molar-refractivity contribution in [2.24, 2.45) is 5.92 Å². The lowest BCUT2D eigenvalue weighted by molar-refractivity contribution is 0.0756. The number of rotatable bonds is 5. The van der Waals surface area contributed by atoms with Crippen LogP contribution in [0.1, 0.15) is 30.1 Å². The van der Waals surface area contributed by atoms with Crippen LogP contribution in [0.2, 0.25) is 0 Å². The van der Waals surface area contributed by atoms with Gasteiger partial charge in [-0.1, -0.05) is 0 Å². The molecular formula is C13H15ClFNO3S. The van der Waals surface area contributed by atoms with Crippen LogP contribution in [0.4, 0.5) is 4.39 Å². The number of carbonyl (C=O) groups is 1. The Kier molecular flexibility index (Phi) is 4.34. The molecule has 1 aromatic carbocycles. The molecule has 1 saturated carbocycles. The smallest absolute Gasteiger partial charge is 0.261 e. The molecule has 1 amide bonds. The summed E-state index contributed by atoms with van der Waals surface area (Å²) in [6, 6.07) is 2.95. The number of hydrogen-bond donors (Lipinski definition) is 0. The van der Waals surface area contributed by atoms with Gasteiger partial charge in [0.05, 0.1) is 4.90 Å². The van der Waals surface area contributed by atoms with Gasteiger partial charge in [-0.2, -0.15) is 0 Å².